The molecule has 0 amide bonds. The molecule has 1 N–H and O–H groups in total. The number of hydrogen-bond acceptors (Lipinski definition) is 3. The molecule has 100 valence electrons. The Morgan fingerprint density at radius 1 is 1.00 bits per heavy atom. The summed E-state index contributed by atoms with van der Waals surface area (Å²) in [5, 5.41) is 13.2. The molecule has 0 atom stereocenters. The number of nitrogens with zero attached hydrogens (tertiary/aromatic N) is 2. The third kappa shape index (κ3) is 1.99. The molecular weight excluding hydrogens is 253 g/mol. The van der Waals surface area contributed by atoms with E-state index in [0.717, 1.165) is 16.3 Å². The number of fused-ring (bicyclic) bond motifs is 1. The molecule has 4 heteroatoms. The predicted molar refractivity (Wildman–Crippen MR) is 79.2 cm³/mol. The van der Waals surface area contributed by atoms with E-state index in [4.69, 9.17) is 0 Å². The average molecular weight is 267 g/mol. The number of nitrogens with one attached hydrogen (secondary N) is 1. The second-order valence-corrected chi connectivity index (χ2v) is 4.68. The Kier molecular flexibility index (Phi) is 3.06. The van der Waals surface area contributed by atoms with E-state index in [1.54, 1.807) is 19.2 Å². The maximum atomic E-state index is 14.1. The Labute approximate surface area is 116 Å². The Morgan fingerprint density at radius 3 is 2.50 bits per heavy atom. The maximum absolute atomic E-state index is 14.1. The van der Waals surface area contributed by atoms with Gasteiger partial charge in [-0.1, -0.05) is 35.9 Å². The van der Waals surface area contributed by atoms with Crippen molar-refractivity contribution < 1.29 is 4.39 Å². The zero-order valence-electron chi connectivity index (χ0n) is 11.3. The molecule has 0 radical (unpaired) electrons. The van der Waals surface area contributed by atoms with Crippen LogP contribution in [-0.4, -0.2) is 17.2 Å². The first-order valence-corrected chi connectivity index (χ1v) is 6.40. The number of hydrogen-bond donors (Lipinski definition) is 1. The van der Waals surface area contributed by atoms with Crippen molar-refractivity contribution in [3.63, 3.8) is 0 Å². The first-order chi connectivity index (χ1) is 9.70. The zero-order valence-corrected chi connectivity index (χ0v) is 11.3. The lowest BCUT2D eigenvalue weighted by molar-refractivity contribution is 0.630. The van der Waals surface area contributed by atoms with Gasteiger partial charge in [-0.3, -0.25) is 0 Å². The third-order valence-corrected chi connectivity index (χ3v) is 3.30. The molecule has 0 saturated carbocycles. The molecule has 2 aromatic carbocycles. The lowest BCUT2D eigenvalue weighted by Gasteiger charge is -2.10. The van der Waals surface area contributed by atoms with Gasteiger partial charge in [0, 0.05) is 23.4 Å². The first-order valence-electron chi connectivity index (χ1n) is 6.40. The molecule has 0 saturated heterocycles. The van der Waals surface area contributed by atoms with E-state index in [0.29, 0.717) is 17.1 Å². The maximum Gasteiger partial charge on any atom is 0.156 e. The fourth-order valence-corrected chi connectivity index (χ4v) is 2.31. The second kappa shape index (κ2) is 4.89. The van der Waals surface area contributed by atoms with Crippen molar-refractivity contribution in [3.05, 3.63) is 53.8 Å². The minimum absolute atomic E-state index is 0.285. The van der Waals surface area contributed by atoms with Crippen LogP contribution in [0.1, 0.15) is 5.56 Å². The van der Waals surface area contributed by atoms with E-state index >= 15 is 0 Å². The quantitative estimate of drug-likeness (QED) is 0.767. The summed E-state index contributed by atoms with van der Waals surface area (Å²) in [7, 11) is 1.80. The summed E-state index contributed by atoms with van der Waals surface area (Å²) < 4.78 is 14.1. The van der Waals surface area contributed by atoms with Gasteiger partial charge in [0.1, 0.15) is 11.5 Å². The highest BCUT2D eigenvalue weighted by Gasteiger charge is 2.13. The smallest absolute Gasteiger partial charge is 0.156 e. The highest BCUT2D eigenvalue weighted by Crippen LogP contribution is 2.31. The van der Waals surface area contributed by atoms with E-state index < -0.39 is 0 Å². The molecule has 3 nitrogen and oxygen atoms in total. The fraction of sp³-hybridized carbons (Fsp3) is 0.125. The van der Waals surface area contributed by atoms with E-state index in [1.807, 2.05) is 31.2 Å². The van der Waals surface area contributed by atoms with E-state index in [-0.39, 0.29) is 5.82 Å². The Hall–Kier alpha value is -2.49. The Balaban J connectivity index is 2.35. The second-order valence-electron chi connectivity index (χ2n) is 4.68. The molecule has 0 aliphatic rings. The molecule has 20 heavy (non-hydrogen) atoms. The van der Waals surface area contributed by atoms with Crippen LogP contribution in [0, 0.1) is 12.7 Å². The topological polar surface area (TPSA) is 37.8 Å². The Morgan fingerprint density at radius 2 is 1.75 bits per heavy atom. The molecule has 0 spiro atoms. The van der Waals surface area contributed by atoms with Crippen LogP contribution < -0.4 is 5.32 Å². The predicted octanol–water partition coefficient (Wildman–Crippen LogP) is 3.79. The molecule has 3 rings (SSSR count). The number of aryl methyl sites for hydroxylation is 1. The van der Waals surface area contributed by atoms with Gasteiger partial charge in [0.15, 0.2) is 5.82 Å². The molecule has 1 aromatic heterocycles. The summed E-state index contributed by atoms with van der Waals surface area (Å²) in [4.78, 5) is 0. The number of halogens is 1. The molecule has 0 fully saturated rings. The number of rotatable bonds is 2. The van der Waals surface area contributed by atoms with Crippen LogP contribution in [0.15, 0.2) is 42.5 Å². The van der Waals surface area contributed by atoms with Crippen molar-refractivity contribution in [1.82, 2.24) is 10.2 Å². The van der Waals surface area contributed by atoms with Gasteiger partial charge >= 0.3 is 0 Å². The summed E-state index contributed by atoms with van der Waals surface area (Å²) in [6.45, 7) is 1.93. The average Bonchev–Trinajstić information content (AvgIpc) is 2.49. The van der Waals surface area contributed by atoms with Crippen LogP contribution in [-0.2, 0) is 0 Å². The fourth-order valence-electron chi connectivity index (χ4n) is 2.31. The van der Waals surface area contributed by atoms with Crippen LogP contribution >= 0.6 is 0 Å². The van der Waals surface area contributed by atoms with E-state index in [1.165, 1.54) is 6.07 Å². The number of benzene rings is 2. The van der Waals surface area contributed by atoms with Crippen LogP contribution in [0.3, 0.4) is 0 Å². The van der Waals surface area contributed by atoms with Crippen molar-refractivity contribution in [3.8, 4) is 11.3 Å². The van der Waals surface area contributed by atoms with Gasteiger partial charge in [0.05, 0.1) is 0 Å². The van der Waals surface area contributed by atoms with Crippen molar-refractivity contribution in [2.45, 2.75) is 6.92 Å². The summed E-state index contributed by atoms with van der Waals surface area (Å²) in [6.07, 6.45) is 0. The lowest BCUT2D eigenvalue weighted by atomic mass is 10.0. The van der Waals surface area contributed by atoms with Crippen LogP contribution in [0.25, 0.3) is 22.0 Å². The highest BCUT2D eigenvalue weighted by molar-refractivity contribution is 6.00. The molecule has 3 aromatic rings. The van der Waals surface area contributed by atoms with Crippen LogP contribution in [0.2, 0.25) is 0 Å². The first kappa shape index (κ1) is 12.5. The van der Waals surface area contributed by atoms with Crippen molar-refractivity contribution >= 4 is 16.6 Å². The molecule has 0 aliphatic heterocycles. The number of anilines is 1. The van der Waals surface area contributed by atoms with Gasteiger partial charge in [0.2, 0.25) is 0 Å². The van der Waals surface area contributed by atoms with Gasteiger partial charge < -0.3 is 5.32 Å². The van der Waals surface area contributed by atoms with Crippen molar-refractivity contribution in [1.29, 1.82) is 0 Å². The standard InChI is InChI=1S/C16H14FN3/c1-10-7-8-14(17)13(9-10)15-11-5-3-4-6-12(11)16(18-2)20-19-15/h3-9H,1-2H3,(H,18,20). The van der Waals surface area contributed by atoms with Crippen molar-refractivity contribution in [2.75, 3.05) is 12.4 Å². The monoisotopic (exact) mass is 267 g/mol. The van der Waals surface area contributed by atoms with E-state index in [9.17, 15) is 4.39 Å². The zero-order chi connectivity index (χ0) is 14.1. The van der Waals surface area contributed by atoms with Gasteiger partial charge in [-0.15, -0.1) is 10.2 Å². The largest absolute Gasteiger partial charge is 0.371 e. The van der Waals surface area contributed by atoms with Crippen LogP contribution in [0.5, 0.6) is 0 Å². The molecular formula is C16H14FN3. The van der Waals surface area contributed by atoms with Gasteiger partial charge in [0.25, 0.3) is 0 Å². The summed E-state index contributed by atoms with van der Waals surface area (Å²) in [5.41, 5.74) is 2.04. The lowest BCUT2D eigenvalue weighted by Crippen LogP contribution is -1.99. The SMILES string of the molecule is CNc1nnc(-c2cc(C)ccc2F)c2ccccc12. The minimum Gasteiger partial charge on any atom is -0.371 e. The number of aromatic nitrogens is 2. The molecule has 0 aliphatic carbocycles. The normalized spacial score (nSPS) is 10.8. The van der Waals surface area contributed by atoms with Gasteiger partial charge in [-0.05, 0) is 19.1 Å². The summed E-state index contributed by atoms with van der Waals surface area (Å²) in [6, 6.07) is 12.7. The summed E-state index contributed by atoms with van der Waals surface area (Å²) in [5.74, 6) is 0.407. The minimum atomic E-state index is -0.285. The van der Waals surface area contributed by atoms with Gasteiger partial charge in [-0.25, -0.2) is 4.39 Å². The van der Waals surface area contributed by atoms with Crippen molar-refractivity contribution in [2.24, 2.45) is 0 Å². The summed E-state index contributed by atoms with van der Waals surface area (Å²) >= 11 is 0. The molecule has 1 heterocycles. The van der Waals surface area contributed by atoms with Crippen LogP contribution in [0.4, 0.5) is 10.2 Å². The van der Waals surface area contributed by atoms with E-state index in [2.05, 4.69) is 15.5 Å². The Bertz CT molecular complexity index is 784. The molecule has 0 unspecified atom stereocenters. The third-order valence-electron chi connectivity index (χ3n) is 3.30. The van der Waals surface area contributed by atoms with Gasteiger partial charge in [-0.2, -0.15) is 0 Å². The molecule has 0 bridgehead atoms. The highest BCUT2D eigenvalue weighted by atomic mass is 19.1.